The molecular weight excluding hydrogens is 210 g/mol. The second-order valence-corrected chi connectivity index (χ2v) is 4.61. The Kier molecular flexibility index (Phi) is 4.18. The van der Waals surface area contributed by atoms with Crippen LogP contribution in [0, 0.1) is 0 Å². The van der Waals surface area contributed by atoms with Gasteiger partial charge in [-0.25, -0.2) is 5.43 Å². The van der Waals surface area contributed by atoms with Crippen LogP contribution < -0.4 is 17.0 Å². The van der Waals surface area contributed by atoms with E-state index in [4.69, 9.17) is 11.6 Å². The molecule has 1 aliphatic carbocycles. The lowest BCUT2D eigenvalue weighted by molar-refractivity contribution is 0.594. The summed E-state index contributed by atoms with van der Waals surface area (Å²) in [4.78, 5) is 0. The predicted octanol–water partition coefficient (Wildman–Crippen LogP) is 2.66. The summed E-state index contributed by atoms with van der Waals surface area (Å²) in [6.45, 7) is 0. The Morgan fingerprint density at radius 3 is 2.71 bits per heavy atom. The first-order valence-electron chi connectivity index (χ1n) is 6.32. The van der Waals surface area contributed by atoms with Crippen molar-refractivity contribution in [1.29, 1.82) is 0 Å². The van der Waals surface area contributed by atoms with Crippen molar-refractivity contribution in [2.45, 2.75) is 38.1 Å². The van der Waals surface area contributed by atoms with Gasteiger partial charge in [-0.2, -0.15) is 0 Å². The van der Waals surface area contributed by atoms with E-state index < -0.39 is 0 Å². The zero-order valence-electron chi connectivity index (χ0n) is 10.2. The average Bonchev–Trinajstić information content (AvgIpc) is 2.62. The van der Waals surface area contributed by atoms with Crippen molar-refractivity contribution >= 4 is 5.69 Å². The van der Waals surface area contributed by atoms with E-state index in [0.717, 1.165) is 24.1 Å². The van der Waals surface area contributed by atoms with Crippen LogP contribution in [0.3, 0.4) is 0 Å². The molecule has 3 nitrogen and oxygen atoms in total. The first-order valence-corrected chi connectivity index (χ1v) is 6.32. The van der Waals surface area contributed by atoms with Crippen molar-refractivity contribution in [3.05, 3.63) is 41.5 Å². The van der Waals surface area contributed by atoms with Crippen molar-refractivity contribution in [1.82, 2.24) is 5.43 Å². The standard InChI is InChI=1S/C14H21N3/c15-13-10-6-5-9-12(13)14(17-16)11-7-3-1-2-4-8-11/h5-7,9-10,14,17H,1-4,8,15-16H2. The minimum absolute atomic E-state index is 0.0642. The summed E-state index contributed by atoms with van der Waals surface area (Å²) in [7, 11) is 0. The summed E-state index contributed by atoms with van der Waals surface area (Å²) < 4.78 is 0. The number of hydrogen-bond acceptors (Lipinski definition) is 3. The number of hydrazine groups is 1. The molecule has 0 bridgehead atoms. The Hall–Kier alpha value is -1.32. The van der Waals surface area contributed by atoms with E-state index in [1.807, 2.05) is 24.3 Å². The van der Waals surface area contributed by atoms with Crippen LogP contribution >= 0.6 is 0 Å². The van der Waals surface area contributed by atoms with Gasteiger partial charge in [0.2, 0.25) is 0 Å². The summed E-state index contributed by atoms with van der Waals surface area (Å²) in [5.41, 5.74) is 12.2. The number of allylic oxidation sites excluding steroid dienone is 1. The molecule has 1 aromatic carbocycles. The van der Waals surface area contributed by atoms with Crippen molar-refractivity contribution in [3.63, 3.8) is 0 Å². The van der Waals surface area contributed by atoms with Gasteiger partial charge in [0.1, 0.15) is 0 Å². The third-order valence-electron chi connectivity index (χ3n) is 3.42. The van der Waals surface area contributed by atoms with Gasteiger partial charge in [-0.15, -0.1) is 0 Å². The second kappa shape index (κ2) is 5.84. The highest BCUT2D eigenvalue weighted by molar-refractivity contribution is 5.50. The smallest absolute Gasteiger partial charge is 0.0690 e. The molecule has 2 rings (SSSR count). The lowest BCUT2D eigenvalue weighted by Crippen LogP contribution is -2.30. The molecule has 0 spiro atoms. The van der Waals surface area contributed by atoms with Crippen molar-refractivity contribution in [2.24, 2.45) is 5.84 Å². The van der Waals surface area contributed by atoms with Crippen LogP contribution in [0.15, 0.2) is 35.9 Å². The Balaban J connectivity index is 2.26. The van der Waals surface area contributed by atoms with Crippen molar-refractivity contribution in [3.8, 4) is 0 Å². The Labute approximate surface area is 103 Å². The Morgan fingerprint density at radius 1 is 1.12 bits per heavy atom. The van der Waals surface area contributed by atoms with Crippen LogP contribution in [-0.2, 0) is 0 Å². The molecule has 0 heterocycles. The Bertz CT molecular complexity index is 398. The van der Waals surface area contributed by atoms with Crippen LogP contribution in [0.4, 0.5) is 5.69 Å². The lowest BCUT2D eigenvalue weighted by atomic mass is 9.94. The summed E-state index contributed by atoms with van der Waals surface area (Å²) in [5.74, 6) is 5.71. The molecular formula is C14H21N3. The molecule has 0 saturated carbocycles. The van der Waals surface area contributed by atoms with E-state index in [0.29, 0.717) is 0 Å². The monoisotopic (exact) mass is 231 g/mol. The highest BCUT2D eigenvalue weighted by Crippen LogP contribution is 2.31. The number of rotatable bonds is 3. The fourth-order valence-corrected chi connectivity index (χ4v) is 2.47. The van der Waals surface area contributed by atoms with Gasteiger partial charge in [0.25, 0.3) is 0 Å². The summed E-state index contributed by atoms with van der Waals surface area (Å²) in [6, 6.07) is 8.00. The van der Waals surface area contributed by atoms with Crippen LogP contribution in [0.1, 0.15) is 43.7 Å². The van der Waals surface area contributed by atoms with E-state index in [9.17, 15) is 0 Å². The SMILES string of the molecule is NNC(C1=CCCCCC1)c1ccccc1N. The zero-order valence-corrected chi connectivity index (χ0v) is 10.2. The number of anilines is 1. The number of benzene rings is 1. The molecule has 5 N–H and O–H groups in total. The molecule has 1 unspecified atom stereocenters. The van der Waals surface area contributed by atoms with E-state index >= 15 is 0 Å². The fraction of sp³-hybridized carbons (Fsp3) is 0.429. The van der Waals surface area contributed by atoms with Gasteiger partial charge in [-0.3, -0.25) is 5.84 Å². The topological polar surface area (TPSA) is 64.1 Å². The second-order valence-electron chi connectivity index (χ2n) is 4.61. The van der Waals surface area contributed by atoms with Gasteiger partial charge < -0.3 is 5.73 Å². The summed E-state index contributed by atoms with van der Waals surface area (Å²) in [6.07, 6.45) is 8.43. The number of para-hydroxylation sites is 1. The molecule has 17 heavy (non-hydrogen) atoms. The molecule has 1 aromatic rings. The summed E-state index contributed by atoms with van der Waals surface area (Å²) >= 11 is 0. The van der Waals surface area contributed by atoms with E-state index in [1.165, 1.54) is 24.8 Å². The lowest BCUT2D eigenvalue weighted by Gasteiger charge is -2.21. The van der Waals surface area contributed by atoms with E-state index in [1.54, 1.807) is 0 Å². The van der Waals surface area contributed by atoms with Crippen LogP contribution in [0.25, 0.3) is 0 Å². The molecule has 0 amide bonds. The summed E-state index contributed by atoms with van der Waals surface area (Å²) in [5, 5.41) is 0. The molecule has 3 heteroatoms. The molecule has 92 valence electrons. The molecule has 1 atom stereocenters. The third-order valence-corrected chi connectivity index (χ3v) is 3.42. The Morgan fingerprint density at radius 2 is 1.94 bits per heavy atom. The van der Waals surface area contributed by atoms with E-state index in [-0.39, 0.29) is 6.04 Å². The number of nitrogens with two attached hydrogens (primary N) is 2. The van der Waals surface area contributed by atoms with Gasteiger partial charge in [-0.1, -0.05) is 36.3 Å². The fourth-order valence-electron chi connectivity index (χ4n) is 2.47. The van der Waals surface area contributed by atoms with Gasteiger partial charge in [0.05, 0.1) is 6.04 Å². The predicted molar refractivity (Wildman–Crippen MR) is 72.1 cm³/mol. The largest absolute Gasteiger partial charge is 0.398 e. The molecule has 0 radical (unpaired) electrons. The average molecular weight is 231 g/mol. The molecule has 0 saturated heterocycles. The minimum Gasteiger partial charge on any atom is -0.398 e. The number of hydrogen-bond donors (Lipinski definition) is 3. The molecule has 0 aliphatic heterocycles. The third kappa shape index (κ3) is 2.87. The quantitative estimate of drug-likeness (QED) is 0.324. The maximum Gasteiger partial charge on any atom is 0.0690 e. The van der Waals surface area contributed by atoms with Crippen molar-refractivity contribution in [2.75, 3.05) is 5.73 Å². The maximum atomic E-state index is 6.02. The first kappa shape index (κ1) is 12.1. The molecule has 0 aromatic heterocycles. The number of nitrogen functional groups attached to an aromatic ring is 1. The highest BCUT2D eigenvalue weighted by atomic mass is 15.2. The molecule has 1 aliphatic rings. The van der Waals surface area contributed by atoms with Gasteiger partial charge in [0.15, 0.2) is 0 Å². The van der Waals surface area contributed by atoms with Gasteiger partial charge in [0, 0.05) is 5.69 Å². The van der Waals surface area contributed by atoms with Gasteiger partial charge in [-0.05, 0) is 37.3 Å². The van der Waals surface area contributed by atoms with Crippen LogP contribution in [0.5, 0.6) is 0 Å². The van der Waals surface area contributed by atoms with Crippen LogP contribution in [0.2, 0.25) is 0 Å². The molecule has 0 fully saturated rings. The minimum atomic E-state index is 0.0642. The normalized spacial score (nSPS) is 18.3. The highest BCUT2D eigenvalue weighted by Gasteiger charge is 2.17. The number of nitrogens with one attached hydrogen (secondary N) is 1. The van der Waals surface area contributed by atoms with Gasteiger partial charge >= 0.3 is 0 Å². The van der Waals surface area contributed by atoms with E-state index in [2.05, 4.69) is 11.5 Å². The van der Waals surface area contributed by atoms with Crippen molar-refractivity contribution < 1.29 is 0 Å². The zero-order chi connectivity index (χ0) is 12.1. The first-order chi connectivity index (χ1) is 8.33. The maximum absolute atomic E-state index is 6.02. The van der Waals surface area contributed by atoms with Crippen LogP contribution in [-0.4, -0.2) is 0 Å².